The van der Waals surface area contributed by atoms with Crippen LogP contribution in [-0.2, 0) is 6.18 Å². The maximum Gasteiger partial charge on any atom is 0.434 e. The SMILES string of the molecule is NC(=O)c1cnn(-c2cc(F)ccn2)c1C(F)(F)F. The number of nitrogens with two attached hydrogens (primary N) is 1. The number of alkyl halides is 3. The van der Waals surface area contributed by atoms with Gasteiger partial charge in [0.25, 0.3) is 5.91 Å². The highest BCUT2D eigenvalue weighted by atomic mass is 19.4. The third-order valence-electron chi connectivity index (χ3n) is 2.23. The average molecular weight is 274 g/mol. The van der Waals surface area contributed by atoms with Crippen molar-refractivity contribution in [1.82, 2.24) is 14.8 Å². The fourth-order valence-corrected chi connectivity index (χ4v) is 1.48. The fraction of sp³-hybridized carbons (Fsp3) is 0.100. The van der Waals surface area contributed by atoms with Gasteiger partial charge in [0.15, 0.2) is 11.5 Å². The molecule has 0 unspecified atom stereocenters. The van der Waals surface area contributed by atoms with E-state index in [2.05, 4.69) is 10.1 Å². The van der Waals surface area contributed by atoms with E-state index in [1.165, 1.54) is 0 Å². The number of nitrogens with zero attached hydrogens (tertiary/aromatic N) is 3. The Kier molecular flexibility index (Phi) is 2.97. The smallest absolute Gasteiger partial charge is 0.365 e. The molecule has 2 heterocycles. The highest BCUT2D eigenvalue weighted by Crippen LogP contribution is 2.33. The number of halogens is 4. The number of aromatic nitrogens is 3. The second-order valence-corrected chi connectivity index (χ2v) is 3.51. The highest BCUT2D eigenvalue weighted by molar-refractivity contribution is 5.94. The predicted molar refractivity (Wildman–Crippen MR) is 54.8 cm³/mol. The monoisotopic (exact) mass is 274 g/mol. The number of carbonyl (C=O) groups is 1. The van der Waals surface area contributed by atoms with E-state index in [0.717, 1.165) is 18.3 Å². The highest BCUT2D eigenvalue weighted by Gasteiger charge is 2.40. The van der Waals surface area contributed by atoms with Crippen molar-refractivity contribution < 1.29 is 22.4 Å². The summed E-state index contributed by atoms with van der Waals surface area (Å²) in [6.45, 7) is 0. The van der Waals surface area contributed by atoms with E-state index in [1.54, 1.807) is 0 Å². The summed E-state index contributed by atoms with van der Waals surface area (Å²) >= 11 is 0. The molecule has 2 aromatic rings. The molecule has 0 spiro atoms. The predicted octanol–water partition coefficient (Wildman–Crippen LogP) is 1.52. The van der Waals surface area contributed by atoms with E-state index >= 15 is 0 Å². The van der Waals surface area contributed by atoms with Crippen LogP contribution in [0.1, 0.15) is 16.1 Å². The Balaban J connectivity index is 2.68. The lowest BCUT2D eigenvalue weighted by atomic mass is 10.2. The van der Waals surface area contributed by atoms with Crippen molar-refractivity contribution in [3.05, 3.63) is 41.6 Å². The Morgan fingerprint density at radius 1 is 1.37 bits per heavy atom. The minimum Gasteiger partial charge on any atom is -0.365 e. The fourth-order valence-electron chi connectivity index (χ4n) is 1.48. The topological polar surface area (TPSA) is 73.8 Å². The molecule has 0 saturated carbocycles. The van der Waals surface area contributed by atoms with Gasteiger partial charge in [-0.2, -0.15) is 18.3 Å². The molecule has 0 aliphatic carbocycles. The van der Waals surface area contributed by atoms with Crippen molar-refractivity contribution in [1.29, 1.82) is 0 Å². The molecule has 0 saturated heterocycles. The second-order valence-electron chi connectivity index (χ2n) is 3.51. The Labute approximate surface area is 103 Å². The summed E-state index contributed by atoms with van der Waals surface area (Å²) in [5.41, 5.74) is 2.65. The molecule has 0 fully saturated rings. The van der Waals surface area contributed by atoms with Crippen LogP contribution < -0.4 is 5.73 Å². The Bertz CT molecular complexity index is 635. The number of hydrogen-bond donors (Lipinski definition) is 1. The van der Waals surface area contributed by atoms with Gasteiger partial charge in [0.2, 0.25) is 0 Å². The van der Waals surface area contributed by atoms with Gasteiger partial charge in [0, 0.05) is 12.3 Å². The molecule has 0 aliphatic rings. The lowest BCUT2D eigenvalue weighted by Crippen LogP contribution is -2.21. The van der Waals surface area contributed by atoms with Crippen LogP contribution >= 0.6 is 0 Å². The van der Waals surface area contributed by atoms with Crippen molar-refractivity contribution >= 4 is 5.91 Å². The first-order valence-electron chi connectivity index (χ1n) is 4.87. The van der Waals surface area contributed by atoms with E-state index in [4.69, 9.17) is 5.73 Å². The van der Waals surface area contributed by atoms with Crippen LogP contribution in [0.15, 0.2) is 24.5 Å². The Morgan fingerprint density at radius 2 is 2.05 bits per heavy atom. The zero-order valence-electron chi connectivity index (χ0n) is 9.15. The van der Waals surface area contributed by atoms with Crippen molar-refractivity contribution in [2.45, 2.75) is 6.18 Å². The zero-order valence-corrected chi connectivity index (χ0v) is 9.15. The quantitative estimate of drug-likeness (QED) is 0.844. The van der Waals surface area contributed by atoms with Gasteiger partial charge in [0.1, 0.15) is 5.82 Å². The molecule has 0 atom stereocenters. The van der Waals surface area contributed by atoms with Gasteiger partial charge < -0.3 is 5.73 Å². The summed E-state index contributed by atoms with van der Waals surface area (Å²) < 4.78 is 52.0. The normalized spacial score (nSPS) is 11.6. The summed E-state index contributed by atoms with van der Waals surface area (Å²) in [5.74, 6) is -2.47. The Hall–Kier alpha value is -2.45. The van der Waals surface area contributed by atoms with Crippen molar-refractivity contribution in [2.24, 2.45) is 5.73 Å². The van der Waals surface area contributed by atoms with Crippen molar-refractivity contribution in [2.75, 3.05) is 0 Å². The zero-order chi connectivity index (χ0) is 14.2. The maximum absolute atomic E-state index is 13.0. The second kappa shape index (κ2) is 4.34. The average Bonchev–Trinajstić information content (AvgIpc) is 2.73. The summed E-state index contributed by atoms with van der Waals surface area (Å²) in [7, 11) is 0. The summed E-state index contributed by atoms with van der Waals surface area (Å²) in [6, 6.07) is 1.72. The van der Waals surface area contributed by atoms with Crippen molar-refractivity contribution in [3.63, 3.8) is 0 Å². The van der Waals surface area contributed by atoms with Gasteiger partial charge in [-0.15, -0.1) is 0 Å². The minimum absolute atomic E-state index is 0.323. The summed E-state index contributed by atoms with van der Waals surface area (Å²) in [6.07, 6.45) is -3.23. The molecule has 2 N–H and O–H groups in total. The third-order valence-corrected chi connectivity index (χ3v) is 2.23. The first-order valence-corrected chi connectivity index (χ1v) is 4.87. The van der Waals surface area contributed by atoms with Gasteiger partial charge in [-0.1, -0.05) is 0 Å². The molecule has 0 radical (unpaired) electrons. The maximum atomic E-state index is 13.0. The number of pyridine rings is 1. The van der Waals surface area contributed by atoms with Crippen molar-refractivity contribution in [3.8, 4) is 5.82 Å². The van der Waals surface area contributed by atoms with E-state index < -0.39 is 35.0 Å². The molecule has 5 nitrogen and oxygen atoms in total. The summed E-state index contributed by atoms with van der Waals surface area (Å²) in [4.78, 5) is 14.5. The van der Waals surface area contributed by atoms with Gasteiger partial charge in [-0.25, -0.2) is 14.1 Å². The minimum atomic E-state index is -4.88. The number of amides is 1. The molecule has 2 aromatic heterocycles. The van der Waals surface area contributed by atoms with Crippen LogP contribution in [0.25, 0.3) is 5.82 Å². The molecular formula is C10H6F4N4O. The largest absolute Gasteiger partial charge is 0.434 e. The van der Waals surface area contributed by atoms with Crippen LogP contribution in [0, 0.1) is 5.82 Å². The first-order chi connectivity index (χ1) is 8.80. The third kappa shape index (κ3) is 2.39. The van der Waals surface area contributed by atoms with Gasteiger partial charge >= 0.3 is 6.18 Å². The first kappa shape index (κ1) is 13.0. The molecule has 1 amide bonds. The molecule has 0 aromatic carbocycles. The lowest BCUT2D eigenvalue weighted by Gasteiger charge is -2.10. The standard InChI is InChI=1S/C10H6F4N4O/c11-5-1-2-16-7(3-5)18-8(10(12,13)14)6(4-17-18)9(15)19/h1-4H,(H2,15,19). The molecule has 0 bridgehead atoms. The van der Waals surface area contributed by atoms with Gasteiger partial charge in [-0.05, 0) is 6.07 Å². The molecular weight excluding hydrogens is 268 g/mol. The van der Waals surface area contributed by atoms with Crippen LogP contribution in [0.3, 0.4) is 0 Å². The van der Waals surface area contributed by atoms with Crippen LogP contribution in [0.2, 0.25) is 0 Å². The van der Waals surface area contributed by atoms with Crippen LogP contribution in [-0.4, -0.2) is 20.7 Å². The van der Waals surface area contributed by atoms with Gasteiger partial charge in [-0.3, -0.25) is 4.79 Å². The van der Waals surface area contributed by atoms with E-state index in [0.29, 0.717) is 10.9 Å². The Morgan fingerprint density at radius 3 is 2.58 bits per heavy atom. The molecule has 19 heavy (non-hydrogen) atoms. The van der Waals surface area contributed by atoms with E-state index in [9.17, 15) is 22.4 Å². The van der Waals surface area contributed by atoms with Crippen LogP contribution in [0.4, 0.5) is 17.6 Å². The lowest BCUT2D eigenvalue weighted by molar-refractivity contribution is -0.143. The van der Waals surface area contributed by atoms with E-state index in [1.807, 2.05) is 0 Å². The van der Waals surface area contributed by atoms with Crippen LogP contribution in [0.5, 0.6) is 0 Å². The van der Waals surface area contributed by atoms with Gasteiger partial charge in [0.05, 0.1) is 11.8 Å². The van der Waals surface area contributed by atoms with E-state index in [-0.39, 0.29) is 0 Å². The summed E-state index contributed by atoms with van der Waals surface area (Å²) in [5, 5.41) is 3.38. The number of hydrogen-bond acceptors (Lipinski definition) is 3. The molecule has 100 valence electrons. The molecule has 9 heteroatoms. The number of rotatable bonds is 2. The number of primary amides is 1. The molecule has 0 aliphatic heterocycles. The molecule has 2 rings (SSSR count). The number of carbonyl (C=O) groups excluding carboxylic acids is 1.